The molecule has 0 saturated carbocycles. The van der Waals surface area contributed by atoms with Crippen LogP contribution in [-0.4, -0.2) is 38.5 Å². The highest BCUT2D eigenvalue weighted by Crippen LogP contribution is 2.13. The smallest absolute Gasteiger partial charge is 0.216 e. The second kappa shape index (κ2) is 5.63. The Morgan fingerprint density at radius 3 is 3.12 bits per heavy atom. The number of nitrogens with zero attached hydrogens (tertiary/aromatic N) is 1. The predicted octanol–water partition coefficient (Wildman–Crippen LogP) is 0.538. The lowest BCUT2D eigenvalue weighted by molar-refractivity contribution is 0.141. The third-order valence-corrected chi connectivity index (χ3v) is 4.24. The van der Waals surface area contributed by atoms with Crippen molar-refractivity contribution < 1.29 is 13.8 Å². The molecule has 7 heteroatoms. The fourth-order valence-electron chi connectivity index (χ4n) is 1.81. The SMILES string of the molecule is CC1CS(=O)CCN1NCc1ccc(NO)o1. The number of furan rings is 1. The van der Waals surface area contributed by atoms with Gasteiger partial charge in [-0.15, -0.1) is 0 Å². The highest BCUT2D eigenvalue weighted by Gasteiger charge is 2.22. The fraction of sp³-hybridized carbons (Fsp3) is 0.600. The summed E-state index contributed by atoms with van der Waals surface area (Å²) in [6.07, 6.45) is 0. The molecule has 2 atom stereocenters. The lowest BCUT2D eigenvalue weighted by Crippen LogP contribution is -2.51. The van der Waals surface area contributed by atoms with Crippen molar-refractivity contribution in [3.63, 3.8) is 0 Å². The van der Waals surface area contributed by atoms with Gasteiger partial charge in [0.05, 0.1) is 6.54 Å². The normalized spacial score (nSPS) is 26.0. The van der Waals surface area contributed by atoms with Gasteiger partial charge in [-0.2, -0.15) is 0 Å². The zero-order valence-corrected chi connectivity index (χ0v) is 10.5. The van der Waals surface area contributed by atoms with Gasteiger partial charge in [-0.25, -0.2) is 15.9 Å². The Bertz CT molecular complexity index is 396. The standard InChI is InChI=1S/C10H17N3O3S/c1-8-7-17(15)5-4-13(8)11-6-9-2-3-10(12-14)16-9/h2-3,8,11-12,14H,4-7H2,1H3. The van der Waals surface area contributed by atoms with Crippen LogP contribution < -0.4 is 10.9 Å². The number of hydrazine groups is 1. The molecule has 6 nitrogen and oxygen atoms in total. The third-order valence-electron chi connectivity index (χ3n) is 2.75. The lowest BCUT2D eigenvalue weighted by Gasteiger charge is -2.32. The average Bonchev–Trinajstić information content (AvgIpc) is 2.76. The van der Waals surface area contributed by atoms with Crippen molar-refractivity contribution in [2.45, 2.75) is 19.5 Å². The highest BCUT2D eigenvalue weighted by atomic mass is 32.2. The Morgan fingerprint density at radius 2 is 2.47 bits per heavy atom. The van der Waals surface area contributed by atoms with Gasteiger partial charge in [0.15, 0.2) is 0 Å². The second-order valence-corrected chi connectivity index (χ2v) is 5.69. The van der Waals surface area contributed by atoms with Crippen LogP contribution in [0, 0.1) is 0 Å². The van der Waals surface area contributed by atoms with E-state index in [1.807, 2.05) is 12.4 Å². The Kier molecular flexibility index (Phi) is 4.16. The van der Waals surface area contributed by atoms with Crippen molar-refractivity contribution in [1.82, 2.24) is 10.4 Å². The molecule has 0 bridgehead atoms. The van der Waals surface area contributed by atoms with Crippen molar-refractivity contribution in [2.75, 3.05) is 23.5 Å². The molecule has 1 saturated heterocycles. The van der Waals surface area contributed by atoms with E-state index < -0.39 is 10.8 Å². The summed E-state index contributed by atoms with van der Waals surface area (Å²) in [4.78, 5) is 0. The first-order valence-electron chi connectivity index (χ1n) is 5.53. The molecule has 1 aliphatic rings. The number of hydrogen-bond donors (Lipinski definition) is 3. The number of rotatable bonds is 4. The molecule has 1 fully saturated rings. The zero-order chi connectivity index (χ0) is 12.3. The number of nitrogens with one attached hydrogen (secondary N) is 2. The Labute approximate surface area is 102 Å². The van der Waals surface area contributed by atoms with Crippen LogP contribution >= 0.6 is 0 Å². The molecular formula is C10H17N3O3S. The van der Waals surface area contributed by atoms with Gasteiger partial charge in [-0.1, -0.05) is 0 Å². The van der Waals surface area contributed by atoms with Crippen molar-refractivity contribution in [3.05, 3.63) is 17.9 Å². The zero-order valence-electron chi connectivity index (χ0n) is 9.68. The molecule has 1 aromatic heterocycles. The van der Waals surface area contributed by atoms with Gasteiger partial charge in [0.25, 0.3) is 0 Å². The highest BCUT2D eigenvalue weighted by molar-refractivity contribution is 7.85. The summed E-state index contributed by atoms with van der Waals surface area (Å²) < 4.78 is 16.6. The Balaban J connectivity index is 1.83. The maximum Gasteiger partial charge on any atom is 0.216 e. The van der Waals surface area contributed by atoms with Crippen LogP contribution in [0.3, 0.4) is 0 Å². The molecule has 0 amide bonds. The van der Waals surface area contributed by atoms with Gasteiger partial charge in [0.1, 0.15) is 5.76 Å². The van der Waals surface area contributed by atoms with Crippen LogP contribution in [0.1, 0.15) is 12.7 Å². The summed E-state index contributed by atoms with van der Waals surface area (Å²) >= 11 is 0. The first-order chi connectivity index (χ1) is 8.19. The summed E-state index contributed by atoms with van der Waals surface area (Å²) in [5, 5.41) is 10.7. The maximum absolute atomic E-state index is 11.3. The summed E-state index contributed by atoms with van der Waals surface area (Å²) in [6, 6.07) is 3.71. The van der Waals surface area contributed by atoms with Gasteiger partial charge in [-0.05, 0) is 13.0 Å². The molecule has 2 unspecified atom stereocenters. The average molecular weight is 259 g/mol. The van der Waals surface area contributed by atoms with Gasteiger partial charge in [-0.3, -0.25) is 9.42 Å². The van der Waals surface area contributed by atoms with E-state index in [-0.39, 0.29) is 6.04 Å². The van der Waals surface area contributed by atoms with Crippen LogP contribution in [0.15, 0.2) is 16.5 Å². The van der Waals surface area contributed by atoms with Crippen LogP contribution in [0.5, 0.6) is 0 Å². The minimum absolute atomic E-state index is 0.259. The summed E-state index contributed by atoms with van der Waals surface area (Å²) in [6.45, 7) is 3.38. The Morgan fingerprint density at radius 1 is 1.65 bits per heavy atom. The summed E-state index contributed by atoms with van der Waals surface area (Å²) in [5.41, 5.74) is 5.19. The lowest BCUT2D eigenvalue weighted by atomic mass is 10.3. The monoisotopic (exact) mass is 259 g/mol. The first-order valence-corrected chi connectivity index (χ1v) is 7.02. The van der Waals surface area contributed by atoms with E-state index in [1.165, 1.54) is 0 Å². The topological polar surface area (TPSA) is 77.7 Å². The van der Waals surface area contributed by atoms with Crippen molar-refractivity contribution in [3.8, 4) is 0 Å². The van der Waals surface area contributed by atoms with E-state index in [1.54, 1.807) is 12.1 Å². The van der Waals surface area contributed by atoms with Crippen molar-refractivity contribution >= 4 is 16.7 Å². The van der Waals surface area contributed by atoms with Crippen molar-refractivity contribution in [2.24, 2.45) is 0 Å². The van der Waals surface area contributed by atoms with Gasteiger partial charge in [0, 0.05) is 41.0 Å². The largest absolute Gasteiger partial charge is 0.442 e. The molecule has 1 aliphatic heterocycles. The first kappa shape index (κ1) is 12.6. The molecular weight excluding hydrogens is 242 g/mol. The summed E-state index contributed by atoms with van der Waals surface area (Å²) in [5.74, 6) is 2.48. The molecule has 0 aromatic carbocycles. The van der Waals surface area contributed by atoms with E-state index in [4.69, 9.17) is 9.62 Å². The van der Waals surface area contributed by atoms with Gasteiger partial charge >= 0.3 is 0 Å². The molecule has 0 spiro atoms. The fourth-order valence-corrected chi connectivity index (χ4v) is 3.10. The molecule has 1 aromatic rings. The van der Waals surface area contributed by atoms with Crippen LogP contribution in [0.25, 0.3) is 0 Å². The molecule has 0 radical (unpaired) electrons. The van der Waals surface area contributed by atoms with Crippen LogP contribution in [-0.2, 0) is 17.3 Å². The Hall–Kier alpha value is -0.890. The molecule has 3 N–H and O–H groups in total. The molecule has 2 rings (SSSR count). The molecule has 2 heterocycles. The minimum atomic E-state index is -0.685. The van der Waals surface area contributed by atoms with Gasteiger partial charge in [0.2, 0.25) is 5.88 Å². The number of hydrogen-bond acceptors (Lipinski definition) is 6. The molecule has 96 valence electrons. The van der Waals surface area contributed by atoms with E-state index >= 15 is 0 Å². The maximum atomic E-state index is 11.3. The molecule has 0 aliphatic carbocycles. The van der Waals surface area contributed by atoms with E-state index in [9.17, 15) is 4.21 Å². The van der Waals surface area contributed by atoms with E-state index in [0.717, 1.165) is 12.3 Å². The second-order valence-electron chi connectivity index (χ2n) is 4.07. The van der Waals surface area contributed by atoms with Crippen LogP contribution in [0.2, 0.25) is 0 Å². The minimum Gasteiger partial charge on any atom is -0.442 e. The van der Waals surface area contributed by atoms with Gasteiger partial charge < -0.3 is 4.42 Å². The number of anilines is 1. The molecule has 17 heavy (non-hydrogen) atoms. The quantitative estimate of drug-likeness (QED) is 0.685. The van der Waals surface area contributed by atoms with Crippen LogP contribution in [0.4, 0.5) is 5.88 Å². The summed E-state index contributed by atoms with van der Waals surface area (Å²) in [7, 11) is -0.685. The van der Waals surface area contributed by atoms with E-state index in [0.29, 0.717) is 23.9 Å². The van der Waals surface area contributed by atoms with E-state index in [2.05, 4.69) is 10.4 Å². The third kappa shape index (κ3) is 3.29. The van der Waals surface area contributed by atoms with Crippen molar-refractivity contribution in [1.29, 1.82) is 0 Å². The predicted molar refractivity (Wildman–Crippen MR) is 65.0 cm³/mol.